The first-order valence-electron chi connectivity index (χ1n) is 5.85. The standard InChI is InChI=1S/C16H15N/c1-10-11(2)16(17)8-7-14(10)15-9-12-3-5-13(15)6-4-12/h3-9H,17H2,1-2H3. The van der Waals surface area contributed by atoms with Crippen molar-refractivity contribution < 1.29 is 0 Å². The monoisotopic (exact) mass is 221 g/mol. The van der Waals surface area contributed by atoms with Gasteiger partial charge in [0.2, 0.25) is 0 Å². The summed E-state index contributed by atoms with van der Waals surface area (Å²) < 4.78 is 0. The van der Waals surface area contributed by atoms with Crippen LogP contribution in [0.4, 0.5) is 5.69 Å². The predicted molar refractivity (Wildman–Crippen MR) is 74.5 cm³/mol. The number of hydrogen-bond acceptors (Lipinski definition) is 1. The van der Waals surface area contributed by atoms with E-state index in [0.29, 0.717) is 0 Å². The van der Waals surface area contributed by atoms with Crippen molar-refractivity contribution in [2.45, 2.75) is 13.8 Å². The summed E-state index contributed by atoms with van der Waals surface area (Å²) >= 11 is 0. The molecule has 1 heteroatoms. The molecule has 0 saturated heterocycles. The van der Waals surface area contributed by atoms with Crippen molar-refractivity contribution in [3.05, 3.63) is 53.6 Å². The number of nitrogens with two attached hydrogens (primary N) is 1. The molecule has 0 spiro atoms. The maximum absolute atomic E-state index is 5.94. The number of fused-ring (bicyclic) bond motifs is 3. The van der Waals surface area contributed by atoms with Gasteiger partial charge in [-0.05, 0) is 59.0 Å². The third-order valence-electron chi connectivity index (χ3n) is 3.65. The fourth-order valence-electron chi connectivity index (χ4n) is 2.38. The summed E-state index contributed by atoms with van der Waals surface area (Å²) in [5.41, 5.74) is 11.9. The molecule has 0 heterocycles. The second kappa shape index (κ2) is 3.49. The third-order valence-corrected chi connectivity index (χ3v) is 3.65. The first-order chi connectivity index (χ1) is 8.16. The van der Waals surface area contributed by atoms with Crippen molar-refractivity contribution in [2.24, 2.45) is 0 Å². The highest BCUT2D eigenvalue weighted by molar-refractivity contribution is 5.91. The number of hydrogen-bond donors (Lipinski definition) is 1. The number of anilines is 1. The van der Waals surface area contributed by atoms with E-state index in [1.807, 2.05) is 6.07 Å². The Labute approximate surface area is 101 Å². The quantitative estimate of drug-likeness (QED) is 0.614. The van der Waals surface area contributed by atoms with Crippen molar-refractivity contribution in [1.29, 1.82) is 0 Å². The largest absolute Gasteiger partial charge is 0.399 e. The zero-order chi connectivity index (χ0) is 12.0. The van der Waals surface area contributed by atoms with Gasteiger partial charge in [0.25, 0.3) is 0 Å². The molecular weight excluding hydrogens is 206 g/mol. The minimum absolute atomic E-state index is 0.872. The van der Waals surface area contributed by atoms with Gasteiger partial charge in [-0.1, -0.05) is 30.3 Å². The van der Waals surface area contributed by atoms with Crippen LogP contribution in [-0.2, 0) is 0 Å². The van der Waals surface area contributed by atoms with Gasteiger partial charge in [-0.15, -0.1) is 0 Å². The van der Waals surface area contributed by atoms with E-state index in [0.717, 1.165) is 5.69 Å². The van der Waals surface area contributed by atoms with E-state index in [1.54, 1.807) is 0 Å². The lowest BCUT2D eigenvalue weighted by Crippen LogP contribution is -1.95. The van der Waals surface area contributed by atoms with Gasteiger partial charge < -0.3 is 5.73 Å². The van der Waals surface area contributed by atoms with E-state index in [-0.39, 0.29) is 0 Å². The van der Waals surface area contributed by atoms with E-state index in [4.69, 9.17) is 5.73 Å². The summed E-state index contributed by atoms with van der Waals surface area (Å²) in [6.45, 7) is 4.22. The highest BCUT2D eigenvalue weighted by atomic mass is 14.6. The Morgan fingerprint density at radius 2 is 1.47 bits per heavy atom. The summed E-state index contributed by atoms with van der Waals surface area (Å²) in [4.78, 5) is 0. The Balaban J connectivity index is 2.30. The van der Waals surface area contributed by atoms with Crippen LogP contribution in [0.3, 0.4) is 0 Å². The van der Waals surface area contributed by atoms with Crippen LogP contribution in [0.2, 0.25) is 0 Å². The van der Waals surface area contributed by atoms with Crippen LogP contribution in [0.5, 0.6) is 0 Å². The van der Waals surface area contributed by atoms with E-state index >= 15 is 0 Å². The third kappa shape index (κ3) is 1.47. The molecule has 0 radical (unpaired) electrons. The van der Waals surface area contributed by atoms with Crippen molar-refractivity contribution in [1.82, 2.24) is 0 Å². The summed E-state index contributed by atoms with van der Waals surface area (Å²) in [6.07, 6.45) is 0. The van der Waals surface area contributed by atoms with Crippen LogP contribution in [0.25, 0.3) is 21.9 Å². The normalized spacial score (nSPS) is 11.2. The molecule has 0 fully saturated rings. The molecule has 4 aromatic rings. The van der Waals surface area contributed by atoms with Crippen LogP contribution in [0, 0.1) is 13.8 Å². The van der Waals surface area contributed by atoms with Crippen LogP contribution in [-0.4, -0.2) is 0 Å². The average molecular weight is 221 g/mol. The molecule has 0 aliphatic rings. The highest BCUT2D eigenvalue weighted by Crippen LogP contribution is 2.33. The first-order valence-corrected chi connectivity index (χ1v) is 5.85. The number of benzene rings is 4. The summed E-state index contributed by atoms with van der Waals surface area (Å²) in [7, 11) is 0. The molecule has 0 aliphatic carbocycles. The Morgan fingerprint density at radius 1 is 0.765 bits per heavy atom. The lowest BCUT2D eigenvalue weighted by Gasteiger charge is -2.14. The molecule has 0 atom stereocenters. The molecule has 0 amide bonds. The van der Waals surface area contributed by atoms with Crippen molar-refractivity contribution in [3.63, 3.8) is 0 Å². The van der Waals surface area contributed by atoms with Crippen molar-refractivity contribution in [2.75, 3.05) is 5.73 Å². The number of rotatable bonds is 1. The Hall–Kier alpha value is -2.02. The maximum Gasteiger partial charge on any atom is 0.0346 e. The number of nitrogen functional groups attached to an aromatic ring is 1. The zero-order valence-electron chi connectivity index (χ0n) is 10.1. The molecular formula is C16H15N. The molecule has 4 rings (SSSR count). The predicted octanol–water partition coefficient (Wildman–Crippen LogP) is 4.14. The van der Waals surface area contributed by atoms with Gasteiger partial charge in [0.05, 0.1) is 0 Å². The SMILES string of the molecule is Cc1c(N)ccc(-c2cc3ccc2cc3)c1C. The minimum atomic E-state index is 0.872. The van der Waals surface area contributed by atoms with Gasteiger partial charge in [-0.25, -0.2) is 0 Å². The molecule has 4 aromatic carbocycles. The lowest BCUT2D eigenvalue weighted by molar-refractivity contribution is 1.35. The van der Waals surface area contributed by atoms with Crippen molar-refractivity contribution in [3.8, 4) is 11.1 Å². The lowest BCUT2D eigenvalue weighted by atomic mass is 9.92. The summed E-state index contributed by atoms with van der Waals surface area (Å²) in [5, 5.41) is 2.55. The molecule has 0 saturated carbocycles. The van der Waals surface area contributed by atoms with E-state index in [9.17, 15) is 0 Å². The highest BCUT2D eigenvalue weighted by Gasteiger charge is 2.09. The van der Waals surface area contributed by atoms with Crippen LogP contribution >= 0.6 is 0 Å². The molecule has 2 bridgehead atoms. The first kappa shape index (κ1) is 10.2. The Kier molecular flexibility index (Phi) is 2.08. The fourth-order valence-corrected chi connectivity index (χ4v) is 2.38. The molecule has 1 nitrogen and oxygen atoms in total. The zero-order valence-corrected chi connectivity index (χ0v) is 10.1. The molecule has 0 aromatic heterocycles. The van der Waals surface area contributed by atoms with Gasteiger partial charge in [-0.2, -0.15) is 0 Å². The maximum atomic E-state index is 5.94. The topological polar surface area (TPSA) is 26.0 Å². The summed E-state index contributed by atoms with van der Waals surface area (Å²) in [5.74, 6) is 0. The van der Waals surface area contributed by atoms with Gasteiger partial charge in [0.1, 0.15) is 0 Å². The average Bonchev–Trinajstić information content (AvgIpc) is 2.37. The molecule has 2 N–H and O–H groups in total. The smallest absolute Gasteiger partial charge is 0.0346 e. The van der Waals surface area contributed by atoms with E-state index in [2.05, 4.69) is 50.2 Å². The van der Waals surface area contributed by atoms with Gasteiger partial charge in [0, 0.05) is 5.69 Å². The van der Waals surface area contributed by atoms with Crippen molar-refractivity contribution >= 4 is 16.5 Å². The van der Waals surface area contributed by atoms with Gasteiger partial charge >= 0.3 is 0 Å². The van der Waals surface area contributed by atoms with E-state index in [1.165, 1.54) is 33.0 Å². The molecule has 17 heavy (non-hydrogen) atoms. The Bertz CT molecular complexity index is 662. The second-order valence-corrected chi connectivity index (χ2v) is 4.63. The minimum Gasteiger partial charge on any atom is -0.399 e. The van der Waals surface area contributed by atoms with E-state index < -0.39 is 0 Å². The van der Waals surface area contributed by atoms with Crippen LogP contribution in [0.1, 0.15) is 11.1 Å². The molecule has 0 unspecified atom stereocenters. The van der Waals surface area contributed by atoms with Gasteiger partial charge in [0.15, 0.2) is 0 Å². The Morgan fingerprint density at radius 3 is 2.06 bits per heavy atom. The van der Waals surface area contributed by atoms with Crippen LogP contribution in [0.15, 0.2) is 42.5 Å². The van der Waals surface area contributed by atoms with Gasteiger partial charge in [-0.3, -0.25) is 0 Å². The molecule has 0 aliphatic heterocycles. The molecule has 84 valence electrons. The fraction of sp³-hybridized carbons (Fsp3) is 0.125. The summed E-state index contributed by atoms with van der Waals surface area (Å²) in [6, 6.07) is 15.0. The second-order valence-electron chi connectivity index (χ2n) is 4.63. The van der Waals surface area contributed by atoms with Crippen LogP contribution < -0.4 is 5.73 Å².